The first-order chi connectivity index (χ1) is 13.8. The lowest BCUT2D eigenvalue weighted by atomic mass is 10.1. The molecule has 29 heavy (non-hydrogen) atoms. The van der Waals surface area contributed by atoms with E-state index in [0.29, 0.717) is 17.9 Å². The molecule has 2 aromatic carbocycles. The molecule has 7 nitrogen and oxygen atoms in total. The van der Waals surface area contributed by atoms with Gasteiger partial charge in [-0.3, -0.25) is 9.59 Å². The first-order valence-corrected chi connectivity index (χ1v) is 9.03. The third-order valence-corrected chi connectivity index (χ3v) is 3.68. The quantitative estimate of drug-likeness (QED) is 0.629. The normalized spacial score (nSPS) is 10.5. The van der Waals surface area contributed by atoms with E-state index < -0.39 is 30.2 Å². The van der Waals surface area contributed by atoms with Gasteiger partial charge in [-0.15, -0.1) is 0 Å². The second-order valence-corrected chi connectivity index (χ2v) is 6.46. The number of carbonyl (C=O) groups is 3. The summed E-state index contributed by atoms with van der Waals surface area (Å²) in [6.45, 7) is 3.49. The van der Waals surface area contributed by atoms with E-state index in [-0.39, 0.29) is 12.6 Å². The van der Waals surface area contributed by atoms with Crippen molar-refractivity contribution in [2.45, 2.75) is 26.6 Å². The number of esters is 1. The minimum atomic E-state index is -0.646. The third-order valence-electron chi connectivity index (χ3n) is 3.68. The van der Waals surface area contributed by atoms with E-state index in [1.165, 1.54) is 24.3 Å². The molecule has 2 rings (SSSR count). The summed E-state index contributed by atoms with van der Waals surface area (Å²) in [5, 5.41) is 4.84. The molecule has 2 N–H and O–H groups in total. The molecular weight excluding hydrogens is 379 g/mol. The minimum absolute atomic E-state index is 0.107. The first kappa shape index (κ1) is 22.0. The van der Waals surface area contributed by atoms with Gasteiger partial charge in [0, 0.05) is 5.69 Å². The molecule has 0 heterocycles. The van der Waals surface area contributed by atoms with Crippen molar-refractivity contribution in [3.63, 3.8) is 0 Å². The highest BCUT2D eigenvalue weighted by Gasteiger charge is 2.11. The van der Waals surface area contributed by atoms with Gasteiger partial charge in [0.1, 0.15) is 5.82 Å². The summed E-state index contributed by atoms with van der Waals surface area (Å²) in [6, 6.07) is 11.9. The van der Waals surface area contributed by atoms with Crippen molar-refractivity contribution in [2.24, 2.45) is 0 Å². The van der Waals surface area contributed by atoms with Gasteiger partial charge < -0.3 is 20.1 Å². The van der Waals surface area contributed by atoms with Gasteiger partial charge in [-0.05, 0) is 55.8 Å². The molecule has 0 atom stereocenters. The van der Waals surface area contributed by atoms with Crippen molar-refractivity contribution >= 4 is 23.5 Å². The van der Waals surface area contributed by atoms with Crippen LogP contribution >= 0.6 is 0 Å². The second kappa shape index (κ2) is 10.9. The maximum absolute atomic E-state index is 12.8. The van der Waals surface area contributed by atoms with Crippen LogP contribution < -0.4 is 10.6 Å². The second-order valence-electron chi connectivity index (χ2n) is 6.46. The fourth-order valence-electron chi connectivity index (χ4n) is 2.18. The van der Waals surface area contributed by atoms with Crippen molar-refractivity contribution in [1.29, 1.82) is 0 Å². The van der Waals surface area contributed by atoms with Crippen molar-refractivity contribution in [3.8, 4) is 0 Å². The number of amides is 2. The maximum Gasteiger partial charge on any atom is 0.338 e. The zero-order valence-corrected chi connectivity index (χ0v) is 16.2. The minimum Gasteiger partial charge on any atom is -0.452 e. The van der Waals surface area contributed by atoms with E-state index in [1.54, 1.807) is 24.3 Å². The van der Waals surface area contributed by atoms with E-state index in [9.17, 15) is 18.8 Å². The zero-order chi connectivity index (χ0) is 21.2. The smallest absolute Gasteiger partial charge is 0.338 e. The van der Waals surface area contributed by atoms with Gasteiger partial charge in [0.2, 0.25) is 5.91 Å². The Balaban J connectivity index is 1.70. The Kier molecular flexibility index (Phi) is 8.29. The SMILES string of the molecule is CC(C)OCc1ccc(C(=O)OCC(=O)NCC(=O)Nc2ccc(F)cc2)cc1. The fraction of sp³-hybridized carbons (Fsp3) is 0.286. The Hall–Kier alpha value is -3.26. The van der Waals surface area contributed by atoms with Gasteiger partial charge in [-0.2, -0.15) is 0 Å². The van der Waals surface area contributed by atoms with Crippen LogP contribution in [0.1, 0.15) is 29.8 Å². The third kappa shape index (κ3) is 8.10. The van der Waals surface area contributed by atoms with Crippen LogP contribution in [0.15, 0.2) is 48.5 Å². The number of hydrogen-bond donors (Lipinski definition) is 2. The Morgan fingerprint density at radius 3 is 2.24 bits per heavy atom. The molecule has 0 spiro atoms. The van der Waals surface area contributed by atoms with E-state index in [1.807, 2.05) is 13.8 Å². The molecule has 0 bridgehead atoms. The lowest BCUT2D eigenvalue weighted by molar-refractivity contribution is -0.126. The largest absolute Gasteiger partial charge is 0.452 e. The number of nitrogens with one attached hydrogen (secondary N) is 2. The number of rotatable bonds is 9. The number of anilines is 1. The first-order valence-electron chi connectivity index (χ1n) is 9.03. The number of halogens is 1. The summed E-state index contributed by atoms with van der Waals surface area (Å²) in [5.41, 5.74) is 1.62. The zero-order valence-electron chi connectivity index (χ0n) is 16.2. The van der Waals surface area contributed by atoms with Crippen molar-refractivity contribution in [2.75, 3.05) is 18.5 Å². The van der Waals surface area contributed by atoms with Crippen LogP contribution in [0.5, 0.6) is 0 Å². The van der Waals surface area contributed by atoms with Crippen LogP contribution in [0.2, 0.25) is 0 Å². The predicted octanol–water partition coefficient (Wildman–Crippen LogP) is 2.66. The van der Waals surface area contributed by atoms with Gasteiger partial charge in [-0.25, -0.2) is 9.18 Å². The van der Waals surface area contributed by atoms with E-state index in [2.05, 4.69) is 10.6 Å². The molecule has 0 radical (unpaired) electrons. The lowest BCUT2D eigenvalue weighted by Gasteiger charge is -2.09. The highest BCUT2D eigenvalue weighted by atomic mass is 19.1. The molecule has 0 fully saturated rings. The summed E-state index contributed by atoms with van der Waals surface area (Å²) in [4.78, 5) is 35.5. The Labute approximate surface area is 168 Å². The lowest BCUT2D eigenvalue weighted by Crippen LogP contribution is -2.35. The number of benzene rings is 2. The van der Waals surface area contributed by atoms with Crippen LogP contribution in [0.4, 0.5) is 10.1 Å². The average molecular weight is 402 g/mol. The summed E-state index contributed by atoms with van der Waals surface area (Å²) >= 11 is 0. The van der Waals surface area contributed by atoms with Gasteiger partial charge in [0.05, 0.1) is 24.8 Å². The Morgan fingerprint density at radius 1 is 0.966 bits per heavy atom. The molecule has 2 aromatic rings. The topological polar surface area (TPSA) is 93.7 Å². The maximum atomic E-state index is 12.8. The van der Waals surface area contributed by atoms with Gasteiger partial charge in [0.15, 0.2) is 6.61 Å². The monoisotopic (exact) mass is 402 g/mol. The van der Waals surface area contributed by atoms with Crippen molar-refractivity contribution in [3.05, 3.63) is 65.5 Å². The molecular formula is C21H23FN2O5. The molecule has 0 saturated heterocycles. The predicted molar refractivity (Wildman–Crippen MR) is 105 cm³/mol. The van der Waals surface area contributed by atoms with E-state index in [4.69, 9.17) is 9.47 Å². The molecule has 0 saturated carbocycles. The molecule has 2 amide bonds. The van der Waals surface area contributed by atoms with Crippen LogP contribution in [0.3, 0.4) is 0 Å². The number of hydrogen-bond acceptors (Lipinski definition) is 5. The molecule has 0 aliphatic rings. The van der Waals surface area contributed by atoms with Crippen LogP contribution in [-0.4, -0.2) is 37.0 Å². The average Bonchev–Trinajstić information content (AvgIpc) is 2.71. The molecule has 0 unspecified atom stereocenters. The van der Waals surface area contributed by atoms with Crippen LogP contribution in [0, 0.1) is 5.82 Å². The molecule has 0 aliphatic heterocycles. The molecule has 8 heteroatoms. The molecule has 0 aromatic heterocycles. The van der Waals surface area contributed by atoms with Crippen molar-refractivity contribution in [1.82, 2.24) is 5.32 Å². The standard InChI is InChI=1S/C21H23FN2O5/c1-14(2)28-12-15-3-5-16(6-4-15)21(27)29-13-20(26)23-11-19(25)24-18-9-7-17(22)8-10-18/h3-10,14H,11-13H2,1-2H3,(H,23,26)(H,24,25). The van der Waals surface area contributed by atoms with Gasteiger partial charge in [-0.1, -0.05) is 12.1 Å². The summed E-state index contributed by atoms with van der Waals surface area (Å²) in [5.74, 6) is -2.17. The summed E-state index contributed by atoms with van der Waals surface area (Å²) < 4.78 is 23.2. The van der Waals surface area contributed by atoms with Gasteiger partial charge in [0.25, 0.3) is 5.91 Å². The Morgan fingerprint density at radius 2 is 1.62 bits per heavy atom. The summed E-state index contributed by atoms with van der Waals surface area (Å²) in [6.07, 6.45) is 0.107. The Bertz CT molecular complexity index is 835. The van der Waals surface area contributed by atoms with Crippen LogP contribution in [0.25, 0.3) is 0 Å². The highest BCUT2D eigenvalue weighted by Crippen LogP contribution is 2.09. The number of ether oxygens (including phenoxy) is 2. The fourth-order valence-corrected chi connectivity index (χ4v) is 2.18. The summed E-state index contributed by atoms with van der Waals surface area (Å²) in [7, 11) is 0. The highest BCUT2D eigenvalue weighted by molar-refractivity contribution is 5.95. The number of carbonyl (C=O) groups excluding carboxylic acids is 3. The molecule has 154 valence electrons. The van der Waals surface area contributed by atoms with E-state index in [0.717, 1.165) is 5.56 Å². The van der Waals surface area contributed by atoms with Gasteiger partial charge >= 0.3 is 5.97 Å². The van der Waals surface area contributed by atoms with Crippen molar-refractivity contribution < 1.29 is 28.2 Å². The van der Waals surface area contributed by atoms with Crippen LogP contribution in [-0.2, 0) is 25.7 Å². The van der Waals surface area contributed by atoms with E-state index >= 15 is 0 Å². The molecule has 0 aliphatic carbocycles.